The second-order valence-corrected chi connectivity index (χ2v) is 6.65. The zero-order valence-electron chi connectivity index (χ0n) is 15.9. The third kappa shape index (κ3) is 4.78. The molecule has 2 aromatic carbocycles. The van der Waals surface area contributed by atoms with Gasteiger partial charge in [-0.15, -0.1) is 0 Å². The summed E-state index contributed by atoms with van der Waals surface area (Å²) in [6, 6.07) is 15.5. The molecule has 0 saturated carbocycles. The Morgan fingerprint density at radius 1 is 0.889 bits per heavy atom. The van der Waals surface area contributed by atoms with Crippen molar-refractivity contribution in [3.63, 3.8) is 0 Å². The molecular weight excluding hydrogens is 340 g/mol. The van der Waals surface area contributed by atoms with Crippen molar-refractivity contribution in [2.24, 2.45) is 0 Å². The fraction of sp³-hybridized carbons (Fsp3) is 0.333. The molecule has 0 atom stereocenters. The molecule has 2 aromatic rings. The number of nitrogens with one attached hydrogen (secondary N) is 2. The van der Waals surface area contributed by atoms with E-state index in [-0.39, 0.29) is 11.9 Å². The quantitative estimate of drug-likeness (QED) is 0.870. The maximum Gasteiger partial charge on any atom is 0.321 e. The van der Waals surface area contributed by atoms with Crippen molar-refractivity contribution >= 4 is 29.0 Å². The average molecular weight is 366 g/mol. The lowest BCUT2D eigenvalue weighted by Gasteiger charge is -2.37. The summed E-state index contributed by atoms with van der Waals surface area (Å²) in [6.07, 6.45) is 1.01. The van der Waals surface area contributed by atoms with Crippen LogP contribution in [0, 0.1) is 0 Å². The van der Waals surface area contributed by atoms with Crippen LogP contribution in [-0.2, 0) is 11.2 Å². The van der Waals surface area contributed by atoms with Crippen molar-refractivity contribution in [3.8, 4) is 0 Å². The fourth-order valence-electron chi connectivity index (χ4n) is 3.31. The summed E-state index contributed by atoms with van der Waals surface area (Å²) in [4.78, 5) is 27.8. The van der Waals surface area contributed by atoms with E-state index in [0.29, 0.717) is 24.5 Å². The molecule has 1 aliphatic heterocycles. The fourth-order valence-corrected chi connectivity index (χ4v) is 3.31. The third-order valence-electron chi connectivity index (χ3n) is 4.74. The van der Waals surface area contributed by atoms with Crippen molar-refractivity contribution in [3.05, 3.63) is 54.1 Å². The molecule has 6 nitrogen and oxygen atoms in total. The first-order chi connectivity index (χ1) is 13.1. The molecule has 0 aromatic heterocycles. The van der Waals surface area contributed by atoms with E-state index in [2.05, 4.69) is 46.7 Å². The highest BCUT2D eigenvalue weighted by Crippen LogP contribution is 2.22. The van der Waals surface area contributed by atoms with Crippen LogP contribution in [0.2, 0.25) is 0 Å². The highest BCUT2D eigenvalue weighted by molar-refractivity contribution is 5.91. The van der Waals surface area contributed by atoms with E-state index in [4.69, 9.17) is 0 Å². The van der Waals surface area contributed by atoms with E-state index in [1.165, 1.54) is 18.2 Å². The van der Waals surface area contributed by atoms with Crippen molar-refractivity contribution in [2.75, 3.05) is 41.7 Å². The molecule has 1 saturated heterocycles. The van der Waals surface area contributed by atoms with Gasteiger partial charge in [-0.1, -0.05) is 25.1 Å². The Balaban J connectivity index is 1.54. The van der Waals surface area contributed by atoms with Gasteiger partial charge in [-0.2, -0.15) is 0 Å². The molecule has 0 radical (unpaired) electrons. The highest BCUT2D eigenvalue weighted by atomic mass is 16.2. The number of hydrogen-bond acceptors (Lipinski definition) is 3. The van der Waals surface area contributed by atoms with Crippen LogP contribution < -0.4 is 15.5 Å². The largest absolute Gasteiger partial charge is 0.368 e. The average Bonchev–Trinajstić information content (AvgIpc) is 2.69. The number of rotatable bonds is 4. The van der Waals surface area contributed by atoms with Gasteiger partial charge in [0.15, 0.2) is 0 Å². The van der Waals surface area contributed by atoms with Gasteiger partial charge in [0, 0.05) is 50.2 Å². The number of aryl methyl sites for hydroxylation is 1. The molecule has 0 bridgehead atoms. The maximum atomic E-state index is 12.5. The van der Waals surface area contributed by atoms with Gasteiger partial charge in [-0.3, -0.25) is 4.79 Å². The molecule has 0 unspecified atom stereocenters. The first-order valence-corrected chi connectivity index (χ1v) is 9.33. The lowest BCUT2D eigenvalue weighted by molar-refractivity contribution is -0.114. The first-order valence-electron chi connectivity index (χ1n) is 9.33. The molecule has 3 rings (SSSR count). The Morgan fingerprint density at radius 2 is 1.48 bits per heavy atom. The molecule has 0 aliphatic carbocycles. The van der Waals surface area contributed by atoms with Crippen LogP contribution in [0.15, 0.2) is 48.5 Å². The molecule has 0 spiro atoms. The van der Waals surface area contributed by atoms with E-state index in [1.807, 2.05) is 4.90 Å². The number of amides is 3. The second kappa shape index (κ2) is 8.58. The van der Waals surface area contributed by atoms with Crippen LogP contribution >= 0.6 is 0 Å². The molecule has 2 N–H and O–H groups in total. The number of urea groups is 1. The minimum Gasteiger partial charge on any atom is -0.368 e. The predicted octanol–water partition coefficient (Wildman–Crippen LogP) is 3.56. The van der Waals surface area contributed by atoms with E-state index in [0.717, 1.165) is 19.5 Å². The van der Waals surface area contributed by atoms with Gasteiger partial charge < -0.3 is 20.4 Å². The van der Waals surface area contributed by atoms with Gasteiger partial charge in [0.05, 0.1) is 0 Å². The van der Waals surface area contributed by atoms with Gasteiger partial charge in [-0.05, 0) is 42.3 Å². The van der Waals surface area contributed by atoms with Gasteiger partial charge in [0.1, 0.15) is 0 Å². The van der Waals surface area contributed by atoms with Crippen LogP contribution in [0.25, 0.3) is 0 Å². The van der Waals surface area contributed by atoms with Crippen molar-refractivity contribution in [2.45, 2.75) is 20.3 Å². The third-order valence-corrected chi connectivity index (χ3v) is 4.74. The zero-order valence-corrected chi connectivity index (χ0v) is 15.9. The molecule has 6 heteroatoms. The second-order valence-electron chi connectivity index (χ2n) is 6.65. The normalized spacial score (nSPS) is 14.0. The van der Waals surface area contributed by atoms with Crippen molar-refractivity contribution < 1.29 is 9.59 Å². The van der Waals surface area contributed by atoms with Crippen LogP contribution in [0.1, 0.15) is 19.4 Å². The number of carbonyl (C=O) groups excluding carboxylic acids is 2. The molecule has 1 aliphatic rings. The number of anilines is 3. The summed E-state index contributed by atoms with van der Waals surface area (Å²) in [5.41, 5.74) is 4.04. The lowest BCUT2D eigenvalue weighted by Crippen LogP contribution is -2.50. The summed E-state index contributed by atoms with van der Waals surface area (Å²) < 4.78 is 0. The van der Waals surface area contributed by atoms with Gasteiger partial charge in [-0.25, -0.2) is 4.79 Å². The highest BCUT2D eigenvalue weighted by Gasteiger charge is 2.22. The Kier molecular flexibility index (Phi) is 5.96. The first kappa shape index (κ1) is 18.8. The minimum absolute atomic E-state index is 0.0919. The SMILES string of the molecule is CCc1ccccc1N1CCN(C(=O)Nc2ccc(NC(C)=O)cc2)CC1. The summed E-state index contributed by atoms with van der Waals surface area (Å²) in [7, 11) is 0. The predicted molar refractivity (Wildman–Crippen MR) is 109 cm³/mol. The van der Waals surface area contributed by atoms with Gasteiger partial charge >= 0.3 is 6.03 Å². The summed E-state index contributed by atoms with van der Waals surface area (Å²) >= 11 is 0. The topological polar surface area (TPSA) is 64.7 Å². The summed E-state index contributed by atoms with van der Waals surface area (Å²) in [5.74, 6) is -0.116. The van der Waals surface area contributed by atoms with Crippen molar-refractivity contribution in [1.82, 2.24) is 4.90 Å². The van der Waals surface area contributed by atoms with Gasteiger partial charge in [0.2, 0.25) is 5.91 Å². The number of nitrogens with zero attached hydrogens (tertiary/aromatic N) is 2. The molecule has 1 heterocycles. The molecule has 3 amide bonds. The number of piperazine rings is 1. The summed E-state index contributed by atoms with van der Waals surface area (Å²) in [6.45, 7) is 6.66. The standard InChI is InChI=1S/C21H26N4O2/c1-3-17-6-4-5-7-20(17)24-12-14-25(15-13-24)21(27)23-19-10-8-18(9-11-19)22-16(2)26/h4-11H,3,12-15H2,1-2H3,(H,22,26)(H,23,27). The lowest BCUT2D eigenvalue weighted by atomic mass is 10.1. The Labute approximate surface area is 160 Å². The zero-order chi connectivity index (χ0) is 19.2. The van der Waals surface area contributed by atoms with Crippen LogP contribution in [0.3, 0.4) is 0 Å². The number of benzene rings is 2. The molecule has 1 fully saturated rings. The van der Waals surface area contributed by atoms with E-state index in [9.17, 15) is 9.59 Å². The Morgan fingerprint density at radius 3 is 2.07 bits per heavy atom. The smallest absolute Gasteiger partial charge is 0.321 e. The molecular formula is C21H26N4O2. The van der Waals surface area contributed by atoms with E-state index in [1.54, 1.807) is 24.3 Å². The molecule has 142 valence electrons. The summed E-state index contributed by atoms with van der Waals surface area (Å²) in [5, 5.41) is 5.64. The monoisotopic (exact) mass is 366 g/mol. The number of hydrogen-bond donors (Lipinski definition) is 2. The van der Waals surface area contributed by atoms with Gasteiger partial charge in [0.25, 0.3) is 0 Å². The number of para-hydroxylation sites is 1. The van der Waals surface area contributed by atoms with Crippen LogP contribution in [0.4, 0.5) is 21.9 Å². The minimum atomic E-state index is -0.116. The molecule has 27 heavy (non-hydrogen) atoms. The Bertz CT molecular complexity index is 796. The van der Waals surface area contributed by atoms with E-state index >= 15 is 0 Å². The van der Waals surface area contributed by atoms with Crippen LogP contribution in [-0.4, -0.2) is 43.0 Å². The Hall–Kier alpha value is -3.02. The maximum absolute atomic E-state index is 12.5. The van der Waals surface area contributed by atoms with Crippen LogP contribution in [0.5, 0.6) is 0 Å². The van der Waals surface area contributed by atoms with E-state index < -0.39 is 0 Å². The number of carbonyl (C=O) groups is 2. The van der Waals surface area contributed by atoms with Crippen molar-refractivity contribution in [1.29, 1.82) is 0 Å².